The first-order valence-electron chi connectivity index (χ1n) is 7.46. The number of nitrogens with zero attached hydrogens (tertiary/aromatic N) is 2. The highest BCUT2D eigenvalue weighted by Crippen LogP contribution is 2.21. The van der Waals surface area contributed by atoms with Gasteiger partial charge in [0, 0.05) is 4.88 Å². The molecule has 0 aliphatic rings. The van der Waals surface area contributed by atoms with Crippen LogP contribution in [-0.4, -0.2) is 39.9 Å². The van der Waals surface area contributed by atoms with E-state index in [-0.39, 0.29) is 6.54 Å². The predicted molar refractivity (Wildman–Crippen MR) is 99.9 cm³/mol. The van der Waals surface area contributed by atoms with Gasteiger partial charge in [0.05, 0.1) is 24.8 Å². The number of sulfonamides is 1. The number of carbonyl (C=O) groups excluding carboxylic acids is 1. The maximum Gasteiger partial charge on any atom is 0.260 e. The molecule has 0 saturated heterocycles. The SMILES string of the molecule is CCOc1ccc(N(CC(=O)N/N=C\c2cccs2)S(C)(=O)=O)cc1. The van der Waals surface area contributed by atoms with E-state index in [4.69, 9.17) is 4.74 Å². The maximum atomic E-state index is 12.0. The molecule has 0 spiro atoms. The van der Waals surface area contributed by atoms with E-state index in [1.807, 2.05) is 24.4 Å². The van der Waals surface area contributed by atoms with Gasteiger partial charge in [0.2, 0.25) is 10.0 Å². The maximum absolute atomic E-state index is 12.0. The lowest BCUT2D eigenvalue weighted by Gasteiger charge is -2.21. The summed E-state index contributed by atoms with van der Waals surface area (Å²) in [5.74, 6) is 0.0943. The normalized spacial score (nSPS) is 11.4. The van der Waals surface area contributed by atoms with Gasteiger partial charge in [-0.15, -0.1) is 11.3 Å². The van der Waals surface area contributed by atoms with Crippen LogP contribution in [0.15, 0.2) is 46.9 Å². The van der Waals surface area contributed by atoms with Crippen molar-refractivity contribution in [2.24, 2.45) is 5.10 Å². The second kappa shape index (κ2) is 8.63. The molecule has 1 N–H and O–H groups in total. The summed E-state index contributed by atoms with van der Waals surface area (Å²) in [7, 11) is -3.62. The topological polar surface area (TPSA) is 88.1 Å². The Bertz CT molecular complexity index is 816. The van der Waals surface area contributed by atoms with Gasteiger partial charge in [0.25, 0.3) is 5.91 Å². The third-order valence-electron chi connectivity index (χ3n) is 3.05. The van der Waals surface area contributed by atoms with Gasteiger partial charge in [0.15, 0.2) is 0 Å². The van der Waals surface area contributed by atoms with Gasteiger partial charge in [0.1, 0.15) is 12.3 Å². The zero-order chi connectivity index (χ0) is 18.3. The molecule has 25 heavy (non-hydrogen) atoms. The molecule has 0 aliphatic carbocycles. The number of rotatable bonds is 8. The third-order valence-corrected chi connectivity index (χ3v) is 4.99. The number of hydrogen-bond donors (Lipinski definition) is 1. The highest BCUT2D eigenvalue weighted by atomic mass is 32.2. The number of hydrazone groups is 1. The molecule has 0 radical (unpaired) electrons. The van der Waals surface area contributed by atoms with Crippen LogP contribution in [-0.2, 0) is 14.8 Å². The number of ether oxygens (including phenoxy) is 1. The fraction of sp³-hybridized carbons (Fsp3) is 0.250. The van der Waals surface area contributed by atoms with Crippen molar-refractivity contribution in [2.75, 3.05) is 23.7 Å². The van der Waals surface area contributed by atoms with Crippen LogP contribution in [0.4, 0.5) is 5.69 Å². The summed E-state index contributed by atoms with van der Waals surface area (Å²) in [6.07, 6.45) is 2.55. The highest BCUT2D eigenvalue weighted by Gasteiger charge is 2.20. The summed E-state index contributed by atoms with van der Waals surface area (Å²) in [6, 6.07) is 10.2. The molecule has 2 rings (SSSR count). The van der Waals surface area contributed by atoms with Crippen molar-refractivity contribution in [1.29, 1.82) is 0 Å². The molecule has 0 atom stereocenters. The Kier molecular flexibility index (Phi) is 6.54. The quantitative estimate of drug-likeness (QED) is 0.560. The molecule has 0 fully saturated rings. The smallest absolute Gasteiger partial charge is 0.260 e. The van der Waals surface area contributed by atoms with Crippen molar-refractivity contribution in [1.82, 2.24) is 5.43 Å². The summed E-state index contributed by atoms with van der Waals surface area (Å²) >= 11 is 1.48. The Morgan fingerprint density at radius 1 is 1.32 bits per heavy atom. The van der Waals surface area contributed by atoms with Crippen LogP contribution in [0.25, 0.3) is 0 Å². The first-order chi connectivity index (χ1) is 11.9. The number of anilines is 1. The zero-order valence-corrected chi connectivity index (χ0v) is 15.5. The first kappa shape index (κ1) is 18.9. The van der Waals surface area contributed by atoms with Crippen LogP contribution in [0.5, 0.6) is 5.75 Å². The molecule has 0 aliphatic heterocycles. The lowest BCUT2D eigenvalue weighted by Crippen LogP contribution is -2.38. The fourth-order valence-electron chi connectivity index (χ4n) is 1.97. The van der Waals surface area contributed by atoms with Crippen molar-refractivity contribution in [3.05, 3.63) is 46.7 Å². The van der Waals surface area contributed by atoms with E-state index in [2.05, 4.69) is 10.5 Å². The van der Waals surface area contributed by atoms with Crippen molar-refractivity contribution < 1.29 is 17.9 Å². The molecule has 7 nitrogen and oxygen atoms in total. The standard InChI is InChI=1S/C16H19N3O4S2/c1-3-23-14-8-6-13(7-9-14)19(25(2,21)22)12-16(20)18-17-11-15-5-4-10-24-15/h4-11H,3,12H2,1-2H3,(H,18,20)/b17-11-. The molecule has 1 amide bonds. The summed E-state index contributed by atoms with van der Waals surface area (Å²) < 4.78 is 30.4. The number of thiophene rings is 1. The van der Waals surface area contributed by atoms with Gasteiger partial charge in [-0.2, -0.15) is 5.10 Å². The third kappa shape index (κ3) is 5.87. The van der Waals surface area contributed by atoms with Crippen molar-refractivity contribution >= 4 is 39.2 Å². The Morgan fingerprint density at radius 3 is 2.60 bits per heavy atom. The molecule has 134 valence electrons. The largest absolute Gasteiger partial charge is 0.494 e. The minimum Gasteiger partial charge on any atom is -0.494 e. The molecule has 9 heteroatoms. The van der Waals surface area contributed by atoms with E-state index >= 15 is 0 Å². The van der Waals surface area contributed by atoms with Gasteiger partial charge in [-0.3, -0.25) is 9.10 Å². The number of carbonyl (C=O) groups is 1. The minimum atomic E-state index is -3.62. The molecule has 0 bridgehead atoms. The van der Waals surface area contributed by atoms with Gasteiger partial charge in [-0.1, -0.05) is 6.07 Å². The second-order valence-corrected chi connectivity index (χ2v) is 7.89. The summed E-state index contributed by atoms with van der Waals surface area (Å²) in [5.41, 5.74) is 2.71. The average Bonchev–Trinajstić information content (AvgIpc) is 3.06. The van der Waals surface area contributed by atoms with E-state index in [0.29, 0.717) is 18.0 Å². The number of hydrogen-bond acceptors (Lipinski definition) is 6. The van der Waals surface area contributed by atoms with Gasteiger partial charge >= 0.3 is 0 Å². The Labute approximate surface area is 151 Å². The molecule has 1 aromatic heterocycles. The lowest BCUT2D eigenvalue weighted by molar-refractivity contribution is -0.119. The second-order valence-electron chi connectivity index (χ2n) is 5.01. The number of benzene rings is 1. The van der Waals surface area contributed by atoms with E-state index in [1.165, 1.54) is 17.6 Å². The number of amides is 1. The molecule has 2 aromatic rings. The van der Waals surface area contributed by atoms with Crippen molar-refractivity contribution in [3.63, 3.8) is 0 Å². The van der Waals surface area contributed by atoms with Gasteiger partial charge < -0.3 is 4.74 Å². The summed E-state index contributed by atoms with van der Waals surface area (Å²) in [4.78, 5) is 12.9. The van der Waals surface area contributed by atoms with Gasteiger partial charge in [-0.05, 0) is 42.6 Å². The Balaban J connectivity index is 2.06. The Morgan fingerprint density at radius 2 is 2.04 bits per heavy atom. The van der Waals surface area contributed by atoms with E-state index in [0.717, 1.165) is 15.4 Å². The molecule has 0 unspecified atom stereocenters. The minimum absolute atomic E-state index is 0.366. The molecule has 1 heterocycles. The van der Waals surface area contributed by atoms with E-state index in [1.54, 1.807) is 24.3 Å². The Hall–Kier alpha value is -2.39. The van der Waals surface area contributed by atoms with Crippen LogP contribution in [0.1, 0.15) is 11.8 Å². The summed E-state index contributed by atoms with van der Waals surface area (Å²) in [6.45, 7) is 2.01. The van der Waals surface area contributed by atoms with Crippen LogP contribution >= 0.6 is 11.3 Å². The van der Waals surface area contributed by atoms with Crippen molar-refractivity contribution in [2.45, 2.75) is 6.92 Å². The lowest BCUT2D eigenvalue weighted by atomic mass is 10.3. The van der Waals surface area contributed by atoms with Crippen LogP contribution in [0.2, 0.25) is 0 Å². The number of nitrogens with one attached hydrogen (secondary N) is 1. The van der Waals surface area contributed by atoms with Crippen LogP contribution < -0.4 is 14.5 Å². The van der Waals surface area contributed by atoms with E-state index < -0.39 is 15.9 Å². The first-order valence-corrected chi connectivity index (χ1v) is 10.2. The van der Waals surface area contributed by atoms with Crippen LogP contribution in [0.3, 0.4) is 0 Å². The molecule has 0 saturated carbocycles. The van der Waals surface area contributed by atoms with Gasteiger partial charge in [-0.25, -0.2) is 13.8 Å². The predicted octanol–water partition coefficient (Wildman–Crippen LogP) is 2.06. The molecule has 1 aromatic carbocycles. The summed E-state index contributed by atoms with van der Waals surface area (Å²) in [5, 5.41) is 5.71. The van der Waals surface area contributed by atoms with Crippen molar-refractivity contribution in [3.8, 4) is 5.75 Å². The molecular weight excluding hydrogens is 362 g/mol. The molecular formula is C16H19N3O4S2. The monoisotopic (exact) mass is 381 g/mol. The highest BCUT2D eigenvalue weighted by molar-refractivity contribution is 7.92. The zero-order valence-electron chi connectivity index (χ0n) is 13.9. The average molecular weight is 381 g/mol. The fourth-order valence-corrected chi connectivity index (χ4v) is 3.42. The van der Waals surface area contributed by atoms with E-state index in [9.17, 15) is 13.2 Å². The van der Waals surface area contributed by atoms with Crippen LogP contribution in [0, 0.1) is 0 Å².